The van der Waals surface area contributed by atoms with Crippen LogP contribution in [0.25, 0.3) is 0 Å². The third-order valence-electron chi connectivity index (χ3n) is 4.83. The van der Waals surface area contributed by atoms with E-state index in [0.717, 1.165) is 37.9 Å². The lowest BCUT2D eigenvalue weighted by atomic mass is 10.0. The number of nitrogens with one attached hydrogen (secondary N) is 1. The summed E-state index contributed by atoms with van der Waals surface area (Å²) in [5.41, 5.74) is 1.03. The second-order valence-electron chi connectivity index (χ2n) is 7.30. The fraction of sp³-hybridized carbons (Fsp3) is 0.550. The van der Waals surface area contributed by atoms with Crippen molar-refractivity contribution in [1.82, 2.24) is 40.8 Å². The molecular formula is C20H28N8O3. The molecule has 0 aliphatic carbocycles. The van der Waals surface area contributed by atoms with Crippen LogP contribution in [0.5, 0.6) is 11.5 Å². The molecule has 0 aliphatic heterocycles. The van der Waals surface area contributed by atoms with E-state index in [1.54, 1.807) is 16.9 Å². The van der Waals surface area contributed by atoms with Crippen molar-refractivity contribution in [1.29, 1.82) is 0 Å². The molecule has 2 N–H and O–H groups in total. The van der Waals surface area contributed by atoms with Crippen LogP contribution in [0.1, 0.15) is 67.1 Å². The van der Waals surface area contributed by atoms with Crippen molar-refractivity contribution >= 4 is 5.78 Å². The second-order valence-corrected chi connectivity index (χ2v) is 7.30. The third-order valence-corrected chi connectivity index (χ3v) is 4.83. The van der Waals surface area contributed by atoms with E-state index < -0.39 is 0 Å². The lowest BCUT2D eigenvalue weighted by Gasteiger charge is -2.14. The Morgan fingerprint density at radius 3 is 2.77 bits per heavy atom. The number of phenolic OH excluding ortho intramolecular Hbond substituents is 1. The minimum Gasteiger partial charge on any atom is -0.507 e. The summed E-state index contributed by atoms with van der Waals surface area (Å²) in [6.45, 7) is 4.63. The molecule has 2 aromatic heterocycles. The maximum absolute atomic E-state index is 11.7. The fourth-order valence-corrected chi connectivity index (χ4v) is 3.24. The van der Waals surface area contributed by atoms with Crippen LogP contribution in [-0.4, -0.2) is 58.3 Å². The van der Waals surface area contributed by atoms with Crippen LogP contribution in [0.15, 0.2) is 12.1 Å². The van der Waals surface area contributed by atoms with Crippen LogP contribution in [0, 0.1) is 0 Å². The van der Waals surface area contributed by atoms with Gasteiger partial charge < -0.3 is 9.84 Å². The van der Waals surface area contributed by atoms with Gasteiger partial charge in [-0.1, -0.05) is 13.3 Å². The van der Waals surface area contributed by atoms with E-state index >= 15 is 0 Å². The predicted octanol–water partition coefficient (Wildman–Crippen LogP) is 2.08. The van der Waals surface area contributed by atoms with Crippen molar-refractivity contribution in [3.63, 3.8) is 0 Å². The number of aromatic hydroxyl groups is 1. The number of H-pyrrole nitrogens is 1. The number of hydrogen-bond acceptors (Lipinski definition) is 9. The molecule has 11 heteroatoms. The van der Waals surface area contributed by atoms with E-state index in [0.29, 0.717) is 48.7 Å². The summed E-state index contributed by atoms with van der Waals surface area (Å²) in [7, 11) is 0. The molecule has 166 valence electrons. The Bertz CT molecular complexity index is 971. The van der Waals surface area contributed by atoms with Crippen LogP contribution < -0.4 is 4.74 Å². The van der Waals surface area contributed by atoms with Gasteiger partial charge in [0.05, 0.1) is 18.7 Å². The van der Waals surface area contributed by atoms with E-state index in [1.807, 2.05) is 6.92 Å². The van der Waals surface area contributed by atoms with Crippen LogP contribution >= 0.6 is 0 Å². The van der Waals surface area contributed by atoms with Crippen LogP contribution in [-0.2, 0) is 25.8 Å². The average Bonchev–Trinajstić information content (AvgIpc) is 3.42. The number of hydrogen-bond donors (Lipinski definition) is 2. The Kier molecular flexibility index (Phi) is 8.02. The molecule has 0 radical (unpaired) electrons. The molecule has 0 spiro atoms. The average molecular weight is 428 g/mol. The van der Waals surface area contributed by atoms with Gasteiger partial charge in [-0.2, -0.15) is 4.80 Å². The number of carbonyl (C=O) groups excluding carboxylic acids is 1. The SMILES string of the molecule is CCCc1c(OCCCCc2nnn(CCCc3nnn[nH]3)n2)ccc(C(C)=O)c1O. The summed E-state index contributed by atoms with van der Waals surface area (Å²) in [5, 5.41) is 36.6. The summed E-state index contributed by atoms with van der Waals surface area (Å²) < 4.78 is 5.88. The number of Topliss-reactive ketones (excluding diaryl/α,β-unsaturated/α-hetero) is 1. The van der Waals surface area contributed by atoms with Crippen LogP contribution in [0.2, 0.25) is 0 Å². The molecule has 2 heterocycles. The Morgan fingerprint density at radius 1 is 1.16 bits per heavy atom. The summed E-state index contributed by atoms with van der Waals surface area (Å²) in [6, 6.07) is 3.39. The zero-order valence-corrected chi connectivity index (χ0v) is 17.9. The molecule has 3 aromatic rings. The number of rotatable bonds is 13. The summed E-state index contributed by atoms with van der Waals surface area (Å²) in [4.78, 5) is 13.2. The number of aromatic amines is 1. The summed E-state index contributed by atoms with van der Waals surface area (Å²) in [6.07, 6.45) is 5.43. The first kappa shape index (κ1) is 22.3. The molecule has 3 rings (SSSR count). The van der Waals surface area contributed by atoms with Crippen LogP contribution in [0.4, 0.5) is 0 Å². The Hall–Kier alpha value is -3.37. The van der Waals surface area contributed by atoms with Gasteiger partial charge in [0.1, 0.15) is 17.3 Å². The van der Waals surface area contributed by atoms with E-state index in [9.17, 15) is 9.90 Å². The Morgan fingerprint density at radius 2 is 2.03 bits per heavy atom. The van der Waals surface area contributed by atoms with Gasteiger partial charge in [0.2, 0.25) is 0 Å². The molecule has 0 amide bonds. The number of benzene rings is 1. The molecule has 1 aromatic carbocycles. The molecule has 0 unspecified atom stereocenters. The number of ether oxygens (including phenoxy) is 1. The minimum absolute atomic E-state index is 0.0345. The lowest BCUT2D eigenvalue weighted by molar-refractivity contribution is 0.101. The first-order chi connectivity index (χ1) is 15.1. The number of aryl methyl sites for hydroxylation is 3. The van der Waals surface area contributed by atoms with Gasteiger partial charge in [0, 0.05) is 18.4 Å². The van der Waals surface area contributed by atoms with Crippen molar-refractivity contribution in [2.24, 2.45) is 0 Å². The zero-order chi connectivity index (χ0) is 22.1. The second kappa shape index (κ2) is 11.1. The quantitative estimate of drug-likeness (QED) is 0.309. The van der Waals surface area contributed by atoms with Gasteiger partial charge >= 0.3 is 0 Å². The summed E-state index contributed by atoms with van der Waals surface area (Å²) in [5.74, 6) is 1.96. The van der Waals surface area contributed by atoms with Gasteiger partial charge in [-0.25, -0.2) is 5.10 Å². The molecule has 0 aliphatic rings. The molecule has 0 saturated heterocycles. The monoisotopic (exact) mass is 428 g/mol. The molecule has 0 atom stereocenters. The van der Waals surface area contributed by atoms with Gasteiger partial charge in [-0.15, -0.1) is 15.3 Å². The van der Waals surface area contributed by atoms with Crippen molar-refractivity contribution in [3.05, 3.63) is 34.9 Å². The molecular weight excluding hydrogens is 400 g/mol. The number of phenols is 1. The molecule has 0 fully saturated rings. The lowest BCUT2D eigenvalue weighted by Crippen LogP contribution is -2.05. The van der Waals surface area contributed by atoms with Crippen molar-refractivity contribution in [2.45, 2.75) is 65.3 Å². The summed E-state index contributed by atoms with van der Waals surface area (Å²) >= 11 is 0. The Labute approximate surface area is 180 Å². The highest BCUT2D eigenvalue weighted by atomic mass is 16.5. The zero-order valence-electron chi connectivity index (χ0n) is 17.9. The van der Waals surface area contributed by atoms with Gasteiger partial charge in [-0.05, 0) is 60.4 Å². The minimum atomic E-state index is -0.156. The van der Waals surface area contributed by atoms with E-state index in [4.69, 9.17) is 4.74 Å². The standard InChI is InChI=1S/C20H28N8O3/c1-3-7-16-17(11-10-15(14(2)29)20(16)30)31-13-5-4-8-19-23-27-28(24-19)12-6-9-18-21-25-26-22-18/h10-11,30H,3-9,12-13H2,1-2H3,(H,21,22,25,26). The number of nitrogens with zero attached hydrogens (tertiary/aromatic N) is 7. The number of unbranched alkanes of at least 4 members (excludes halogenated alkanes) is 1. The topological polar surface area (TPSA) is 145 Å². The first-order valence-corrected chi connectivity index (χ1v) is 10.6. The van der Waals surface area contributed by atoms with E-state index in [1.165, 1.54) is 6.92 Å². The van der Waals surface area contributed by atoms with Gasteiger partial charge in [0.15, 0.2) is 11.6 Å². The Balaban J connectivity index is 1.41. The van der Waals surface area contributed by atoms with Crippen LogP contribution in [0.3, 0.4) is 0 Å². The number of aromatic nitrogens is 8. The van der Waals surface area contributed by atoms with Crippen molar-refractivity contribution in [3.8, 4) is 11.5 Å². The number of tetrazole rings is 2. The van der Waals surface area contributed by atoms with Gasteiger partial charge in [-0.3, -0.25) is 4.79 Å². The van der Waals surface area contributed by atoms with E-state index in [-0.39, 0.29) is 11.5 Å². The molecule has 0 bridgehead atoms. The molecule has 0 saturated carbocycles. The third kappa shape index (κ3) is 6.30. The number of carbonyl (C=O) groups is 1. The van der Waals surface area contributed by atoms with Crippen molar-refractivity contribution in [2.75, 3.05) is 6.61 Å². The first-order valence-electron chi connectivity index (χ1n) is 10.6. The maximum atomic E-state index is 11.7. The highest BCUT2D eigenvalue weighted by molar-refractivity contribution is 5.97. The normalized spacial score (nSPS) is 11.0. The highest BCUT2D eigenvalue weighted by Gasteiger charge is 2.15. The van der Waals surface area contributed by atoms with Gasteiger partial charge in [0.25, 0.3) is 0 Å². The maximum Gasteiger partial charge on any atom is 0.174 e. The highest BCUT2D eigenvalue weighted by Crippen LogP contribution is 2.33. The largest absolute Gasteiger partial charge is 0.507 e. The predicted molar refractivity (Wildman–Crippen MR) is 111 cm³/mol. The van der Waals surface area contributed by atoms with Crippen molar-refractivity contribution < 1.29 is 14.6 Å². The van der Waals surface area contributed by atoms with E-state index in [2.05, 4.69) is 36.0 Å². The number of ketones is 1. The smallest absolute Gasteiger partial charge is 0.174 e. The molecule has 31 heavy (non-hydrogen) atoms. The molecule has 11 nitrogen and oxygen atoms in total. The fourth-order valence-electron chi connectivity index (χ4n) is 3.24.